The van der Waals surface area contributed by atoms with Crippen molar-refractivity contribution in [3.05, 3.63) is 94.1 Å². The van der Waals surface area contributed by atoms with Gasteiger partial charge in [0.15, 0.2) is 46.0 Å². The van der Waals surface area contributed by atoms with Crippen LogP contribution in [-0.2, 0) is 17.6 Å². The number of carbonyl (C=O) groups is 1. The molecule has 4 aromatic carbocycles. The average Bonchev–Trinajstić information content (AvgIpc) is 3.52. The maximum Gasteiger partial charge on any atom is 0.408 e. The zero-order chi connectivity index (χ0) is 44.6. The van der Waals surface area contributed by atoms with E-state index in [-0.39, 0.29) is 36.0 Å². The minimum atomic E-state index is -0.615. The molecule has 0 aromatic heterocycles. The van der Waals surface area contributed by atoms with E-state index in [2.05, 4.69) is 17.1 Å². The van der Waals surface area contributed by atoms with Crippen LogP contribution < -0.4 is 61.4 Å². The minimum Gasteiger partial charge on any atom is -1.00 e. The maximum absolute atomic E-state index is 12.5. The van der Waals surface area contributed by atoms with Gasteiger partial charge in [-0.15, -0.1) is 0 Å². The van der Waals surface area contributed by atoms with Crippen LogP contribution in [0.15, 0.2) is 60.7 Å². The van der Waals surface area contributed by atoms with Crippen molar-refractivity contribution in [1.82, 2.24) is 5.32 Å². The number of phenolic OH excluding ortho intramolecular Hbond substituents is 2. The molecular formula is C47H59ClN2O12. The summed E-state index contributed by atoms with van der Waals surface area (Å²) in [7, 11) is 12.6. The second-order valence-electron chi connectivity index (χ2n) is 15.4. The van der Waals surface area contributed by atoms with Crippen LogP contribution in [-0.4, -0.2) is 90.9 Å². The lowest BCUT2D eigenvalue weighted by Crippen LogP contribution is -3.00. The summed E-state index contributed by atoms with van der Waals surface area (Å²) in [5.41, 5.74) is 10.8. The Labute approximate surface area is 369 Å². The third-order valence-electron chi connectivity index (χ3n) is 10.4. The predicted molar refractivity (Wildman–Crippen MR) is 232 cm³/mol. The summed E-state index contributed by atoms with van der Waals surface area (Å²) in [5.74, 6) is 4.33. The van der Waals surface area contributed by atoms with Gasteiger partial charge in [-0.2, -0.15) is 0 Å². The summed E-state index contributed by atoms with van der Waals surface area (Å²) in [6, 6.07) is 14.2. The van der Waals surface area contributed by atoms with Crippen LogP contribution in [0, 0.1) is 0 Å². The largest absolute Gasteiger partial charge is 1.00 e. The lowest BCUT2D eigenvalue weighted by Gasteiger charge is -2.22. The van der Waals surface area contributed by atoms with E-state index in [1.165, 1.54) is 14.2 Å². The summed E-state index contributed by atoms with van der Waals surface area (Å²) in [5, 5.41) is 23.7. The highest BCUT2D eigenvalue weighted by Gasteiger charge is 2.30. The molecule has 2 aliphatic carbocycles. The number of quaternary nitrogens is 1. The number of ether oxygens (including phenoxy) is 9. The van der Waals surface area contributed by atoms with Gasteiger partial charge >= 0.3 is 6.09 Å². The first-order valence-corrected chi connectivity index (χ1v) is 19.8. The third kappa shape index (κ3) is 10.7. The number of phenols is 2. The van der Waals surface area contributed by atoms with Gasteiger partial charge in [0.05, 0.1) is 62.9 Å². The molecule has 6 N–H and O–H groups in total. The number of rotatable bonds is 11. The number of carbonyl (C=O) groups excluding carboxylic acids is 1. The van der Waals surface area contributed by atoms with Crippen molar-refractivity contribution < 1.29 is 75.8 Å². The second-order valence-corrected chi connectivity index (χ2v) is 15.4. The summed E-state index contributed by atoms with van der Waals surface area (Å²) >= 11 is 0. The highest BCUT2D eigenvalue weighted by atomic mass is 35.5. The molecule has 1 amide bonds. The monoisotopic (exact) mass is 878 g/mol. The van der Waals surface area contributed by atoms with Crippen molar-refractivity contribution in [2.24, 2.45) is 0 Å². The minimum absolute atomic E-state index is 0. The Balaban J connectivity index is 0.000000275. The Hall–Kier alpha value is -6.12. The molecule has 0 bridgehead atoms. The molecule has 0 saturated carbocycles. The van der Waals surface area contributed by atoms with Crippen LogP contribution in [0.2, 0.25) is 0 Å². The SMILES string of the molecule is COc1ccc(C2=CC(NC(=O)OC(C)(C)C)CCc3c2cc(OC)c(OC)c3OC)cc1O.COc1ccc(C2=CC([NH3+])CCc3c2cc(OC)c(OC)c3OC)cc1O.[Cl-]. The Morgan fingerprint density at radius 2 is 1.02 bits per heavy atom. The van der Waals surface area contributed by atoms with Gasteiger partial charge in [0.1, 0.15) is 11.6 Å². The van der Waals surface area contributed by atoms with Crippen molar-refractivity contribution in [1.29, 1.82) is 0 Å². The van der Waals surface area contributed by atoms with E-state index in [0.717, 1.165) is 57.4 Å². The zero-order valence-corrected chi connectivity index (χ0v) is 38.1. The quantitative estimate of drug-likeness (QED) is 0.170. The van der Waals surface area contributed by atoms with E-state index in [4.69, 9.17) is 42.6 Å². The molecule has 4 aromatic rings. The Morgan fingerprint density at radius 3 is 1.40 bits per heavy atom. The number of benzene rings is 4. The van der Waals surface area contributed by atoms with E-state index in [1.54, 1.807) is 66.9 Å². The van der Waals surface area contributed by atoms with Crippen molar-refractivity contribution in [3.63, 3.8) is 0 Å². The number of halogens is 1. The highest BCUT2D eigenvalue weighted by Crippen LogP contribution is 2.49. The summed E-state index contributed by atoms with van der Waals surface area (Å²) in [4.78, 5) is 12.5. The van der Waals surface area contributed by atoms with Crippen LogP contribution in [0.25, 0.3) is 11.1 Å². The molecule has 62 heavy (non-hydrogen) atoms. The molecule has 14 nitrogen and oxygen atoms in total. The Morgan fingerprint density at radius 1 is 0.597 bits per heavy atom. The van der Waals surface area contributed by atoms with Gasteiger partial charge in [-0.25, -0.2) is 4.79 Å². The fourth-order valence-electron chi connectivity index (χ4n) is 7.61. The van der Waals surface area contributed by atoms with Gasteiger partial charge in [-0.1, -0.05) is 18.2 Å². The fourth-order valence-corrected chi connectivity index (χ4v) is 7.61. The first kappa shape index (κ1) is 48.5. The first-order valence-electron chi connectivity index (χ1n) is 19.8. The molecule has 0 radical (unpaired) electrons. The van der Waals surface area contributed by atoms with Crippen molar-refractivity contribution in [2.75, 3.05) is 56.9 Å². The standard InChI is InChI=1S/C26H33NO7.C21H25NO5.ClH/c1-26(2,3)34-25(29)27-16-9-10-17-19(14-22(31-5)24(33-7)23(17)32-6)18(13-16)15-8-11-21(30-4)20(28)12-15;1-24-18-8-5-12(9-17(18)23)15-10-13(22)6-7-14-16(15)11-19(25-2)21(27-4)20(14)26-3;/h8,11-14,16,28H,9-10H2,1-7H3,(H,27,29);5,8-11,13,23H,6-7,22H2,1-4H3;1H. The normalized spacial score (nSPS) is 15.4. The smallest absolute Gasteiger partial charge is 0.408 e. The molecule has 0 spiro atoms. The van der Waals surface area contributed by atoms with Gasteiger partial charge in [-0.05, 0) is 116 Å². The summed E-state index contributed by atoms with van der Waals surface area (Å²) < 4.78 is 49.5. The van der Waals surface area contributed by atoms with Crippen molar-refractivity contribution in [3.8, 4) is 57.5 Å². The molecule has 2 aliphatic rings. The average molecular weight is 879 g/mol. The van der Waals surface area contributed by atoms with Crippen LogP contribution in [0.1, 0.15) is 67.0 Å². The van der Waals surface area contributed by atoms with Gasteiger partial charge in [0.2, 0.25) is 11.5 Å². The molecule has 6 rings (SSSR count). The van der Waals surface area contributed by atoms with Crippen LogP contribution in [0.4, 0.5) is 4.79 Å². The lowest BCUT2D eigenvalue weighted by atomic mass is 9.92. The van der Waals surface area contributed by atoms with Crippen LogP contribution >= 0.6 is 0 Å². The molecule has 0 aliphatic heterocycles. The first-order chi connectivity index (χ1) is 29.1. The lowest BCUT2D eigenvalue weighted by molar-refractivity contribution is -0.403. The molecule has 15 heteroatoms. The summed E-state index contributed by atoms with van der Waals surface area (Å²) in [6.07, 6.45) is 6.46. The number of amides is 1. The number of methoxy groups -OCH3 is 8. The van der Waals surface area contributed by atoms with Crippen LogP contribution in [0.3, 0.4) is 0 Å². The zero-order valence-electron chi connectivity index (χ0n) is 37.3. The van der Waals surface area contributed by atoms with E-state index in [0.29, 0.717) is 58.8 Å². The molecule has 0 saturated heterocycles. The van der Waals surface area contributed by atoms with Gasteiger partial charge in [0, 0.05) is 17.5 Å². The number of hydrogen-bond donors (Lipinski definition) is 4. The highest BCUT2D eigenvalue weighted by molar-refractivity contribution is 5.87. The molecule has 336 valence electrons. The molecule has 0 heterocycles. The topological polar surface area (TPSA) is 180 Å². The summed E-state index contributed by atoms with van der Waals surface area (Å²) in [6.45, 7) is 5.46. The predicted octanol–water partition coefficient (Wildman–Crippen LogP) is 4.12. The Bertz CT molecular complexity index is 2280. The molecule has 0 fully saturated rings. The Kier molecular flexibility index (Phi) is 16.5. The number of aromatic hydroxyl groups is 2. The number of alkyl carbamates (subject to hydrolysis) is 1. The van der Waals surface area contributed by atoms with E-state index >= 15 is 0 Å². The maximum atomic E-state index is 12.5. The second kappa shape index (κ2) is 21.1. The van der Waals surface area contributed by atoms with Gasteiger partial charge in [0.25, 0.3) is 0 Å². The molecular weight excluding hydrogens is 820 g/mol. The van der Waals surface area contributed by atoms with Gasteiger partial charge < -0.3 is 76.3 Å². The molecule has 2 atom stereocenters. The van der Waals surface area contributed by atoms with E-state index in [1.807, 2.05) is 51.1 Å². The number of fused-ring (bicyclic) bond motifs is 2. The van der Waals surface area contributed by atoms with E-state index < -0.39 is 11.7 Å². The van der Waals surface area contributed by atoms with E-state index in [9.17, 15) is 15.0 Å². The van der Waals surface area contributed by atoms with Crippen molar-refractivity contribution >= 4 is 17.2 Å². The fraction of sp³-hybridized carbons (Fsp3) is 0.383. The molecule has 2 unspecified atom stereocenters. The number of nitrogens with one attached hydrogen (secondary N) is 1. The number of hydrogen-bond acceptors (Lipinski definition) is 12. The van der Waals surface area contributed by atoms with Crippen molar-refractivity contribution in [2.45, 2.75) is 64.1 Å². The van der Waals surface area contributed by atoms with Crippen LogP contribution in [0.5, 0.6) is 57.5 Å². The van der Waals surface area contributed by atoms with Gasteiger partial charge in [-0.3, -0.25) is 0 Å². The third-order valence-corrected chi connectivity index (χ3v) is 10.4.